The molecular formula is C15H25ClN2. The fraction of sp³-hybridized carbons (Fsp3) is 0.600. The Kier molecular flexibility index (Phi) is 7.33. The lowest BCUT2D eigenvalue weighted by Gasteiger charge is -2.17. The van der Waals surface area contributed by atoms with Crippen molar-refractivity contribution in [3.05, 3.63) is 34.3 Å². The summed E-state index contributed by atoms with van der Waals surface area (Å²) in [5.41, 5.74) is 2.46. The van der Waals surface area contributed by atoms with Gasteiger partial charge in [-0.25, -0.2) is 0 Å². The van der Waals surface area contributed by atoms with Gasteiger partial charge in [-0.2, -0.15) is 0 Å². The van der Waals surface area contributed by atoms with Crippen LogP contribution in [0.15, 0.2) is 18.2 Å². The Labute approximate surface area is 116 Å². The fourth-order valence-corrected chi connectivity index (χ4v) is 2.13. The third-order valence-corrected chi connectivity index (χ3v) is 3.70. The van der Waals surface area contributed by atoms with E-state index in [1.807, 2.05) is 13.0 Å². The molecule has 0 aliphatic carbocycles. The van der Waals surface area contributed by atoms with Gasteiger partial charge < -0.3 is 10.2 Å². The molecule has 0 atom stereocenters. The lowest BCUT2D eigenvalue weighted by Crippen LogP contribution is -2.27. The number of nitrogens with one attached hydrogen (secondary N) is 1. The molecule has 0 aromatic heterocycles. The second kappa shape index (κ2) is 8.52. The van der Waals surface area contributed by atoms with Gasteiger partial charge in [0.1, 0.15) is 0 Å². The Hall–Kier alpha value is -0.570. The van der Waals surface area contributed by atoms with Gasteiger partial charge >= 0.3 is 0 Å². The molecule has 0 fully saturated rings. The largest absolute Gasteiger partial charge is 0.313 e. The number of rotatable bonds is 8. The molecule has 0 saturated carbocycles. The number of benzene rings is 1. The molecule has 18 heavy (non-hydrogen) atoms. The third kappa shape index (κ3) is 5.38. The first-order valence-corrected chi connectivity index (χ1v) is 7.23. The SMILES string of the molecule is CCN(CC)CCCNCc1ccc(Cl)c(C)c1. The highest BCUT2D eigenvalue weighted by atomic mass is 35.5. The predicted octanol–water partition coefficient (Wildman–Crippen LogP) is 3.47. The van der Waals surface area contributed by atoms with E-state index < -0.39 is 0 Å². The molecule has 102 valence electrons. The van der Waals surface area contributed by atoms with Crippen LogP contribution >= 0.6 is 11.6 Å². The topological polar surface area (TPSA) is 15.3 Å². The smallest absolute Gasteiger partial charge is 0.0435 e. The molecular weight excluding hydrogens is 244 g/mol. The zero-order valence-corrected chi connectivity index (χ0v) is 12.6. The Morgan fingerprint density at radius 2 is 1.94 bits per heavy atom. The molecule has 2 nitrogen and oxygen atoms in total. The predicted molar refractivity (Wildman–Crippen MR) is 80.3 cm³/mol. The number of nitrogens with zero attached hydrogens (tertiary/aromatic N) is 1. The standard InChI is InChI=1S/C15H25ClN2/c1-4-18(5-2)10-6-9-17-12-14-7-8-15(16)13(3)11-14/h7-8,11,17H,4-6,9-10,12H2,1-3H3. The third-order valence-electron chi connectivity index (χ3n) is 3.27. The Bertz CT molecular complexity index is 348. The van der Waals surface area contributed by atoms with Crippen molar-refractivity contribution in [3.63, 3.8) is 0 Å². The van der Waals surface area contributed by atoms with Crippen LogP contribution in [0.1, 0.15) is 31.4 Å². The summed E-state index contributed by atoms with van der Waals surface area (Å²) in [6.07, 6.45) is 1.20. The highest BCUT2D eigenvalue weighted by molar-refractivity contribution is 6.31. The van der Waals surface area contributed by atoms with Crippen LogP contribution in [0.3, 0.4) is 0 Å². The molecule has 0 unspecified atom stereocenters. The maximum Gasteiger partial charge on any atom is 0.0435 e. The Morgan fingerprint density at radius 1 is 1.22 bits per heavy atom. The lowest BCUT2D eigenvalue weighted by molar-refractivity contribution is 0.298. The first kappa shape index (κ1) is 15.5. The zero-order valence-electron chi connectivity index (χ0n) is 11.8. The van der Waals surface area contributed by atoms with E-state index in [9.17, 15) is 0 Å². The average Bonchev–Trinajstić information content (AvgIpc) is 2.38. The summed E-state index contributed by atoms with van der Waals surface area (Å²) in [6, 6.07) is 6.22. The van der Waals surface area contributed by atoms with E-state index in [2.05, 4.69) is 36.2 Å². The van der Waals surface area contributed by atoms with Gasteiger partial charge in [0.15, 0.2) is 0 Å². The van der Waals surface area contributed by atoms with Crippen LogP contribution in [-0.4, -0.2) is 31.1 Å². The van der Waals surface area contributed by atoms with Gasteiger partial charge in [0, 0.05) is 11.6 Å². The molecule has 0 spiro atoms. The minimum absolute atomic E-state index is 0.847. The van der Waals surface area contributed by atoms with Crippen LogP contribution in [-0.2, 0) is 6.54 Å². The number of hydrogen-bond acceptors (Lipinski definition) is 2. The molecule has 0 radical (unpaired) electrons. The molecule has 1 aromatic carbocycles. The normalized spacial score (nSPS) is 11.2. The van der Waals surface area contributed by atoms with E-state index in [-0.39, 0.29) is 0 Å². The minimum Gasteiger partial charge on any atom is -0.313 e. The quantitative estimate of drug-likeness (QED) is 0.727. The Morgan fingerprint density at radius 3 is 2.56 bits per heavy atom. The lowest BCUT2D eigenvalue weighted by atomic mass is 10.1. The monoisotopic (exact) mass is 268 g/mol. The zero-order chi connectivity index (χ0) is 13.4. The van der Waals surface area contributed by atoms with E-state index in [4.69, 9.17) is 11.6 Å². The van der Waals surface area contributed by atoms with Crippen LogP contribution in [0.5, 0.6) is 0 Å². The average molecular weight is 269 g/mol. The van der Waals surface area contributed by atoms with Gasteiger partial charge in [-0.05, 0) is 56.7 Å². The molecule has 0 amide bonds. The maximum atomic E-state index is 6.01. The summed E-state index contributed by atoms with van der Waals surface area (Å²) in [5, 5.41) is 4.33. The molecule has 0 aliphatic heterocycles. The van der Waals surface area contributed by atoms with E-state index in [0.29, 0.717) is 0 Å². The second-order valence-electron chi connectivity index (χ2n) is 4.64. The van der Waals surface area contributed by atoms with E-state index in [1.54, 1.807) is 0 Å². The number of hydrogen-bond donors (Lipinski definition) is 1. The van der Waals surface area contributed by atoms with Gasteiger partial charge in [0.25, 0.3) is 0 Å². The highest BCUT2D eigenvalue weighted by Crippen LogP contribution is 2.15. The van der Waals surface area contributed by atoms with Gasteiger partial charge in [0.05, 0.1) is 0 Å². The minimum atomic E-state index is 0.847. The summed E-state index contributed by atoms with van der Waals surface area (Å²) >= 11 is 6.01. The molecule has 0 heterocycles. The van der Waals surface area contributed by atoms with Crippen molar-refractivity contribution >= 4 is 11.6 Å². The van der Waals surface area contributed by atoms with Crippen LogP contribution in [0.25, 0.3) is 0 Å². The molecule has 3 heteroatoms. The molecule has 0 saturated heterocycles. The van der Waals surface area contributed by atoms with Crippen molar-refractivity contribution in [1.29, 1.82) is 0 Å². The van der Waals surface area contributed by atoms with Crippen LogP contribution in [0.2, 0.25) is 5.02 Å². The Balaban J connectivity index is 2.19. The first-order chi connectivity index (χ1) is 8.67. The first-order valence-electron chi connectivity index (χ1n) is 6.85. The van der Waals surface area contributed by atoms with Gasteiger partial charge in [0.2, 0.25) is 0 Å². The molecule has 0 aliphatic rings. The molecule has 1 N–H and O–H groups in total. The van der Waals surface area contributed by atoms with Crippen molar-refractivity contribution < 1.29 is 0 Å². The van der Waals surface area contributed by atoms with Crippen molar-refractivity contribution in [1.82, 2.24) is 10.2 Å². The number of halogens is 1. The van der Waals surface area contributed by atoms with E-state index >= 15 is 0 Å². The van der Waals surface area contributed by atoms with Crippen molar-refractivity contribution in [2.75, 3.05) is 26.2 Å². The summed E-state index contributed by atoms with van der Waals surface area (Å²) in [5.74, 6) is 0. The summed E-state index contributed by atoms with van der Waals surface area (Å²) in [7, 11) is 0. The van der Waals surface area contributed by atoms with Crippen LogP contribution in [0, 0.1) is 6.92 Å². The van der Waals surface area contributed by atoms with Crippen LogP contribution in [0.4, 0.5) is 0 Å². The van der Waals surface area contributed by atoms with Crippen molar-refractivity contribution in [3.8, 4) is 0 Å². The van der Waals surface area contributed by atoms with Crippen molar-refractivity contribution in [2.45, 2.75) is 33.7 Å². The van der Waals surface area contributed by atoms with Crippen LogP contribution < -0.4 is 5.32 Å². The summed E-state index contributed by atoms with van der Waals surface area (Å²) < 4.78 is 0. The van der Waals surface area contributed by atoms with E-state index in [0.717, 1.165) is 36.8 Å². The highest BCUT2D eigenvalue weighted by Gasteiger charge is 1.99. The second-order valence-corrected chi connectivity index (χ2v) is 5.05. The summed E-state index contributed by atoms with van der Waals surface area (Å²) in [6.45, 7) is 11.9. The van der Waals surface area contributed by atoms with E-state index in [1.165, 1.54) is 18.5 Å². The van der Waals surface area contributed by atoms with Gasteiger partial charge in [-0.1, -0.05) is 37.6 Å². The van der Waals surface area contributed by atoms with Gasteiger partial charge in [-0.15, -0.1) is 0 Å². The molecule has 1 aromatic rings. The fourth-order valence-electron chi connectivity index (χ4n) is 2.02. The van der Waals surface area contributed by atoms with Gasteiger partial charge in [-0.3, -0.25) is 0 Å². The molecule has 1 rings (SSSR count). The number of aryl methyl sites for hydroxylation is 1. The van der Waals surface area contributed by atoms with Crippen molar-refractivity contribution in [2.24, 2.45) is 0 Å². The molecule has 0 bridgehead atoms. The summed E-state index contributed by atoms with van der Waals surface area (Å²) in [4.78, 5) is 2.45. The maximum absolute atomic E-state index is 6.01.